The van der Waals surface area contributed by atoms with Crippen molar-refractivity contribution in [3.63, 3.8) is 0 Å². The Balaban J connectivity index is 1.51. The van der Waals surface area contributed by atoms with E-state index >= 15 is 0 Å². The molecule has 0 spiro atoms. The van der Waals surface area contributed by atoms with Gasteiger partial charge in [0.15, 0.2) is 0 Å². The van der Waals surface area contributed by atoms with E-state index in [1.807, 2.05) is 25.2 Å². The molecule has 3 atom stereocenters. The summed E-state index contributed by atoms with van der Waals surface area (Å²) in [6, 6.07) is 7.87. The molecule has 0 bridgehead atoms. The smallest absolute Gasteiger partial charge is 0.226 e. The quantitative estimate of drug-likeness (QED) is 0.930. The van der Waals surface area contributed by atoms with Crippen molar-refractivity contribution in [3.05, 3.63) is 52.3 Å². The van der Waals surface area contributed by atoms with Crippen LogP contribution in [0.2, 0.25) is 5.02 Å². The molecule has 6 heteroatoms. The van der Waals surface area contributed by atoms with Crippen LogP contribution < -0.4 is 5.32 Å². The van der Waals surface area contributed by atoms with Crippen LogP contribution in [-0.2, 0) is 23.0 Å². The van der Waals surface area contributed by atoms with Gasteiger partial charge in [-0.25, -0.2) is 0 Å². The van der Waals surface area contributed by atoms with Gasteiger partial charge in [-0.2, -0.15) is 5.10 Å². The monoisotopic (exact) mass is 345 g/mol. The third-order valence-electron chi connectivity index (χ3n) is 5.11. The normalized spacial score (nSPS) is 25.7. The van der Waals surface area contributed by atoms with Crippen LogP contribution >= 0.6 is 11.6 Å². The van der Waals surface area contributed by atoms with Crippen molar-refractivity contribution in [2.24, 2.45) is 13.0 Å². The van der Waals surface area contributed by atoms with Crippen molar-refractivity contribution >= 4 is 17.5 Å². The van der Waals surface area contributed by atoms with Gasteiger partial charge in [-0.3, -0.25) is 9.48 Å². The highest BCUT2D eigenvalue weighted by Crippen LogP contribution is 2.38. The fourth-order valence-electron chi connectivity index (χ4n) is 3.85. The van der Waals surface area contributed by atoms with E-state index < -0.39 is 0 Å². The summed E-state index contributed by atoms with van der Waals surface area (Å²) in [4.78, 5) is 12.9. The zero-order chi connectivity index (χ0) is 16.7. The number of amides is 1. The van der Waals surface area contributed by atoms with Gasteiger partial charge in [0.1, 0.15) is 6.10 Å². The van der Waals surface area contributed by atoms with Gasteiger partial charge in [0.05, 0.1) is 17.7 Å². The van der Waals surface area contributed by atoms with E-state index in [0.29, 0.717) is 6.61 Å². The molecule has 2 aromatic rings. The number of benzene rings is 1. The molecule has 24 heavy (non-hydrogen) atoms. The maximum Gasteiger partial charge on any atom is 0.226 e. The van der Waals surface area contributed by atoms with E-state index in [-0.39, 0.29) is 24.0 Å². The number of aromatic nitrogens is 2. The Morgan fingerprint density at radius 2 is 2.25 bits per heavy atom. The predicted molar refractivity (Wildman–Crippen MR) is 90.7 cm³/mol. The second-order valence-corrected chi connectivity index (χ2v) is 6.88. The Kier molecular flexibility index (Phi) is 4.06. The molecule has 1 N–H and O–H groups in total. The number of fused-ring (bicyclic) bond motifs is 1. The third-order valence-corrected chi connectivity index (χ3v) is 5.46. The number of hydrogen-bond donors (Lipinski definition) is 1. The molecule has 1 aromatic heterocycles. The lowest BCUT2D eigenvalue weighted by atomic mass is 9.97. The van der Waals surface area contributed by atoms with Crippen LogP contribution in [0.1, 0.15) is 41.8 Å². The fraction of sp³-hybridized carbons (Fsp3) is 0.444. The van der Waals surface area contributed by atoms with Gasteiger partial charge in [0, 0.05) is 24.9 Å². The lowest BCUT2D eigenvalue weighted by molar-refractivity contribution is -0.127. The third kappa shape index (κ3) is 2.62. The topological polar surface area (TPSA) is 56.2 Å². The first-order valence-corrected chi connectivity index (χ1v) is 8.70. The summed E-state index contributed by atoms with van der Waals surface area (Å²) in [7, 11) is 1.88. The molecular weight excluding hydrogens is 326 g/mol. The maximum absolute atomic E-state index is 12.9. The summed E-state index contributed by atoms with van der Waals surface area (Å²) >= 11 is 6.26. The van der Waals surface area contributed by atoms with E-state index in [9.17, 15) is 4.79 Å². The minimum absolute atomic E-state index is 0.0407. The van der Waals surface area contributed by atoms with Crippen LogP contribution in [0.15, 0.2) is 30.5 Å². The summed E-state index contributed by atoms with van der Waals surface area (Å²) in [6.07, 6.45) is 4.05. The molecule has 1 unspecified atom stereocenters. The Labute approximate surface area is 145 Å². The van der Waals surface area contributed by atoms with Crippen molar-refractivity contribution in [3.8, 4) is 0 Å². The van der Waals surface area contributed by atoms with Crippen LogP contribution in [0, 0.1) is 5.92 Å². The molecule has 0 saturated carbocycles. The molecule has 1 aliphatic heterocycles. The molecule has 1 aromatic carbocycles. The molecular formula is C18H20ClN3O2. The van der Waals surface area contributed by atoms with Gasteiger partial charge in [0.25, 0.3) is 0 Å². The minimum atomic E-state index is -0.224. The van der Waals surface area contributed by atoms with Crippen LogP contribution in [0.5, 0.6) is 0 Å². The number of ether oxygens (including phenoxy) is 1. The van der Waals surface area contributed by atoms with Gasteiger partial charge in [0.2, 0.25) is 5.91 Å². The summed E-state index contributed by atoms with van der Waals surface area (Å²) in [6.45, 7) is 0.598. The number of aryl methyl sites for hydroxylation is 1. The number of halogens is 1. The van der Waals surface area contributed by atoms with E-state index in [2.05, 4.69) is 16.5 Å². The maximum atomic E-state index is 12.9. The number of hydrogen-bond acceptors (Lipinski definition) is 3. The lowest BCUT2D eigenvalue weighted by Crippen LogP contribution is -2.34. The van der Waals surface area contributed by atoms with Gasteiger partial charge >= 0.3 is 0 Å². The van der Waals surface area contributed by atoms with Crippen molar-refractivity contribution in [2.45, 2.75) is 31.4 Å². The highest BCUT2D eigenvalue weighted by Gasteiger charge is 2.38. The second-order valence-electron chi connectivity index (χ2n) is 6.47. The Morgan fingerprint density at radius 3 is 3.04 bits per heavy atom. The molecule has 0 radical (unpaired) electrons. The zero-order valence-corrected chi connectivity index (χ0v) is 14.3. The van der Waals surface area contributed by atoms with Gasteiger partial charge in [-0.15, -0.1) is 0 Å². The van der Waals surface area contributed by atoms with Crippen LogP contribution in [-0.4, -0.2) is 22.3 Å². The molecule has 2 aliphatic rings. The van der Waals surface area contributed by atoms with E-state index in [0.717, 1.165) is 41.1 Å². The van der Waals surface area contributed by atoms with Crippen LogP contribution in [0.25, 0.3) is 0 Å². The first-order valence-electron chi connectivity index (χ1n) is 8.32. The number of nitrogens with zero attached hydrogens (tertiary/aromatic N) is 2. The van der Waals surface area contributed by atoms with Crippen molar-refractivity contribution in [2.75, 3.05) is 6.61 Å². The first kappa shape index (κ1) is 15.7. The average Bonchev–Trinajstić information content (AvgIpc) is 3.27. The molecule has 4 rings (SSSR count). The Hall–Kier alpha value is -1.85. The van der Waals surface area contributed by atoms with E-state index in [1.54, 1.807) is 10.9 Å². The lowest BCUT2D eigenvalue weighted by Gasteiger charge is -2.21. The number of carbonyl (C=O) groups excluding carboxylic acids is 1. The number of nitrogens with one attached hydrogen (secondary N) is 1. The predicted octanol–water partition coefficient (Wildman–Crippen LogP) is 2.95. The number of carbonyl (C=O) groups is 1. The largest absolute Gasteiger partial charge is 0.371 e. The standard InChI is InChI=1S/C18H20ClN3O2/c1-22-16(7-9-20-22)17-13(8-10-24-17)18(23)21-15-6-5-11-12(15)3-2-4-14(11)19/h2-4,7,9,13,15,17H,5-6,8,10H2,1H3,(H,21,23)/t13-,15?,17-/m1/s1. The first-order chi connectivity index (χ1) is 11.6. The van der Waals surface area contributed by atoms with Gasteiger partial charge in [-0.05, 0) is 42.5 Å². The highest BCUT2D eigenvalue weighted by atomic mass is 35.5. The van der Waals surface area contributed by atoms with Gasteiger partial charge in [-0.1, -0.05) is 23.7 Å². The van der Waals surface area contributed by atoms with Gasteiger partial charge < -0.3 is 10.1 Å². The fourth-order valence-corrected chi connectivity index (χ4v) is 4.13. The zero-order valence-electron chi connectivity index (χ0n) is 13.5. The van der Waals surface area contributed by atoms with Crippen LogP contribution in [0.4, 0.5) is 0 Å². The Bertz CT molecular complexity index is 773. The molecule has 2 heterocycles. The molecule has 1 saturated heterocycles. The second kappa shape index (κ2) is 6.22. The van der Waals surface area contributed by atoms with E-state index in [1.165, 1.54) is 0 Å². The summed E-state index contributed by atoms with van der Waals surface area (Å²) in [5.41, 5.74) is 3.25. The Morgan fingerprint density at radius 1 is 1.38 bits per heavy atom. The van der Waals surface area contributed by atoms with E-state index in [4.69, 9.17) is 16.3 Å². The number of rotatable bonds is 3. The van der Waals surface area contributed by atoms with Crippen molar-refractivity contribution < 1.29 is 9.53 Å². The molecule has 5 nitrogen and oxygen atoms in total. The summed E-state index contributed by atoms with van der Waals surface area (Å²) in [5, 5.41) is 8.19. The molecule has 126 valence electrons. The van der Waals surface area contributed by atoms with Crippen molar-refractivity contribution in [1.29, 1.82) is 0 Å². The highest BCUT2D eigenvalue weighted by molar-refractivity contribution is 6.31. The molecule has 1 fully saturated rings. The summed E-state index contributed by atoms with van der Waals surface area (Å²) < 4.78 is 7.60. The van der Waals surface area contributed by atoms with Crippen LogP contribution in [0.3, 0.4) is 0 Å². The molecule has 1 aliphatic carbocycles. The molecule has 1 amide bonds. The minimum Gasteiger partial charge on any atom is -0.371 e. The summed E-state index contributed by atoms with van der Waals surface area (Å²) in [5.74, 6) is -0.125. The average molecular weight is 346 g/mol. The SMILES string of the molecule is Cn1nccc1[C@@H]1OCC[C@H]1C(=O)NC1CCc2c(Cl)cccc21. The van der Waals surface area contributed by atoms with Crippen molar-refractivity contribution in [1.82, 2.24) is 15.1 Å².